The quantitative estimate of drug-likeness (QED) is 0.641. The molecule has 0 bridgehead atoms. The molecule has 0 radical (unpaired) electrons. The van der Waals surface area contributed by atoms with Crippen LogP contribution in [0.15, 0.2) is 0 Å². The molecule has 0 aromatic carbocycles. The van der Waals surface area contributed by atoms with Gasteiger partial charge in [0.15, 0.2) is 0 Å². The first-order valence-corrected chi connectivity index (χ1v) is 6.48. The maximum absolute atomic E-state index is 12.0. The highest BCUT2D eigenvalue weighted by Crippen LogP contribution is 2.18. The summed E-state index contributed by atoms with van der Waals surface area (Å²) in [6.07, 6.45) is 3.22. The van der Waals surface area contributed by atoms with Crippen LogP contribution in [0.2, 0.25) is 0 Å². The molecule has 0 aromatic rings. The van der Waals surface area contributed by atoms with Crippen LogP contribution < -0.4 is 10.6 Å². The van der Waals surface area contributed by atoms with E-state index in [4.69, 9.17) is 0 Å². The number of nitrogens with zero attached hydrogens (tertiary/aromatic N) is 1. The van der Waals surface area contributed by atoms with E-state index >= 15 is 0 Å². The van der Waals surface area contributed by atoms with Gasteiger partial charge in [-0.05, 0) is 19.3 Å². The second-order valence-corrected chi connectivity index (χ2v) is 4.84. The second kappa shape index (κ2) is 5.48. The number of piperazine rings is 1. The molecule has 1 atom stereocenters. The predicted molar refractivity (Wildman–Crippen MR) is 64.6 cm³/mol. The molecule has 1 aliphatic heterocycles. The van der Waals surface area contributed by atoms with Gasteiger partial charge in [-0.25, -0.2) is 0 Å². The van der Waals surface area contributed by atoms with Crippen molar-refractivity contribution in [3.63, 3.8) is 0 Å². The molecule has 3 amide bonds. The third-order valence-corrected chi connectivity index (χ3v) is 3.31. The van der Waals surface area contributed by atoms with E-state index in [0.29, 0.717) is 25.4 Å². The van der Waals surface area contributed by atoms with Crippen molar-refractivity contribution in [2.75, 3.05) is 13.1 Å². The highest BCUT2D eigenvalue weighted by atomic mass is 16.2. The Labute approximate surface area is 106 Å². The van der Waals surface area contributed by atoms with Gasteiger partial charge in [0.2, 0.25) is 17.7 Å². The lowest BCUT2D eigenvalue weighted by Gasteiger charge is -2.33. The molecule has 0 spiro atoms. The van der Waals surface area contributed by atoms with Gasteiger partial charge in [-0.3, -0.25) is 19.7 Å². The van der Waals surface area contributed by atoms with Crippen LogP contribution in [0, 0.1) is 0 Å². The molecule has 2 rings (SSSR count). The van der Waals surface area contributed by atoms with Crippen LogP contribution in [0.5, 0.6) is 0 Å². The Kier molecular flexibility index (Phi) is 3.96. The molecule has 2 fully saturated rings. The maximum atomic E-state index is 12.0. The fourth-order valence-corrected chi connectivity index (χ4v) is 2.15. The van der Waals surface area contributed by atoms with Crippen LogP contribution in [0.1, 0.15) is 32.6 Å². The average molecular weight is 253 g/mol. The Morgan fingerprint density at radius 2 is 2.17 bits per heavy atom. The van der Waals surface area contributed by atoms with Gasteiger partial charge in [-0.2, -0.15) is 0 Å². The van der Waals surface area contributed by atoms with Crippen molar-refractivity contribution in [3.05, 3.63) is 0 Å². The Bertz CT molecular complexity index is 366. The highest BCUT2D eigenvalue weighted by Gasteiger charge is 2.35. The van der Waals surface area contributed by atoms with Gasteiger partial charge in [-0.1, -0.05) is 6.92 Å². The summed E-state index contributed by atoms with van der Waals surface area (Å²) in [5, 5.41) is 5.51. The summed E-state index contributed by atoms with van der Waals surface area (Å²) < 4.78 is 0. The van der Waals surface area contributed by atoms with Crippen molar-refractivity contribution >= 4 is 17.7 Å². The molecule has 6 nitrogen and oxygen atoms in total. The Morgan fingerprint density at radius 3 is 2.78 bits per heavy atom. The smallest absolute Gasteiger partial charge is 0.249 e. The Balaban J connectivity index is 1.88. The zero-order valence-electron chi connectivity index (χ0n) is 10.6. The molecule has 1 saturated heterocycles. The first-order valence-electron chi connectivity index (χ1n) is 6.48. The summed E-state index contributed by atoms with van der Waals surface area (Å²) in [5.74, 6) is -0.886. The lowest BCUT2D eigenvalue weighted by atomic mass is 10.1. The topological polar surface area (TPSA) is 78.5 Å². The van der Waals surface area contributed by atoms with Gasteiger partial charge in [0.1, 0.15) is 12.6 Å². The Morgan fingerprint density at radius 1 is 1.44 bits per heavy atom. The van der Waals surface area contributed by atoms with E-state index < -0.39 is 11.9 Å². The number of carbonyl (C=O) groups excluding carboxylic acids is 3. The van der Waals surface area contributed by atoms with Crippen LogP contribution in [-0.4, -0.2) is 47.8 Å². The molecule has 1 unspecified atom stereocenters. The minimum Gasteiger partial charge on any atom is -0.321 e. The van der Waals surface area contributed by atoms with Gasteiger partial charge in [0, 0.05) is 19.0 Å². The number of amides is 3. The van der Waals surface area contributed by atoms with E-state index in [9.17, 15) is 14.4 Å². The molecule has 1 aliphatic carbocycles. The molecular formula is C12H19N3O3. The largest absolute Gasteiger partial charge is 0.321 e. The average Bonchev–Trinajstić information content (AvgIpc) is 3.12. The van der Waals surface area contributed by atoms with E-state index in [1.54, 1.807) is 0 Å². The van der Waals surface area contributed by atoms with E-state index in [-0.39, 0.29) is 18.4 Å². The number of hydrogen-bond donors (Lipinski definition) is 2. The van der Waals surface area contributed by atoms with Crippen molar-refractivity contribution in [2.24, 2.45) is 0 Å². The first-order chi connectivity index (χ1) is 8.61. The third kappa shape index (κ3) is 3.07. The number of rotatable bonds is 5. The maximum Gasteiger partial charge on any atom is 0.249 e. The van der Waals surface area contributed by atoms with Crippen LogP contribution >= 0.6 is 0 Å². The predicted octanol–water partition coefficient (Wildman–Crippen LogP) is -0.608. The lowest BCUT2D eigenvalue weighted by molar-refractivity contribution is -0.150. The molecule has 6 heteroatoms. The second-order valence-electron chi connectivity index (χ2n) is 4.84. The zero-order valence-corrected chi connectivity index (χ0v) is 10.6. The van der Waals surface area contributed by atoms with Crippen LogP contribution in [0.4, 0.5) is 0 Å². The molecule has 2 aliphatic rings. The van der Waals surface area contributed by atoms with E-state index in [2.05, 4.69) is 10.6 Å². The lowest BCUT2D eigenvalue weighted by Crippen LogP contribution is -2.59. The number of nitrogens with one attached hydrogen (secondary N) is 2. The summed E-state index contributed by atoms with van der Waals surface area (Å²) in [6, 6.07) is 0.0576. The molecule has 1 heterocycles. The van der Waals surface area contributed by atoms with E-state index in [0.717, 1.165) is 0 Å². The standard InChI is InChI=1S/C12H19N3O3/c1-2-9-12(18)14-10(16)7-15(9)11(17)5-6-13-8-3-4-8/h8-9,13H,2-7H2,1H3,(H,14,16,18). The molecule has 100 valence electrons. The minimum absolute atomic E-state index is 0.00743. The minimum atomic E-state index is -0.504. The molecule has 1 saturated carbocycles. The van der Waals surface area contributed by atoms with E-state index in [1.165, 1.54) is 17.7 Å². The van der Waals surface area contributed by atoms with Crippen molar-refractivity contribution < 1.29 is 14.4 Å². The van der Waals surface area contributed by atoms with Crippen molar-refractivity contribution in [2.45, 2.75) is 44.7 Å². The van der Waals surface area contributed by atoms with Crippen LogP contribution in [0.3, 0.4) is 0 Å². The molecule has 2 N–H and O–H groups in total. The van der Waals surface area contributed by atoms with Gasteiger partial charge < -0.3 is 10.2 Å². The number of imide groups is 1. The summed E-state index contributed by atoms with van der Waals surface area (Å²) in [5.41, 5.74) is 0. The normalized spacial score (nSPS) is 24.1. The molecule has 0 aromatic heterocycles. The van der Waals surface area contributed by atoms with Crippen molar-refractivity contribution in [1.29, 1.82) is 0 Å². The monoisotopic (exact) mass is 253 g/mol. The van der Waals surface area contributed by atoms with Gasteiger partial charge in [0.05, 0.1) is 0 Å². The van der Waals surface area contributed by atoms with Crippen LogP contribution in [0.25, 0.3) is 0 Å². The molecular weight excluding hydrogens is 234 g/mol. The van der Waals surface area contributed by atoms with Gasteiger partial charge in [0.25, 0.3) is 0 Å². The first kappa shape index (κ1) is 13.0. The molecule has 18 heavy (non-hydrogen) atoms. The highest BCUT2D eigenvalue weighted by molar-refractivity contribution is 6.04. The van der Waals surface area contributed by atoms with Crippen molar-refractivity contribution in [1.82, 2.24) is 15.5 Å². The number of hydrogen-bond acceptors (Lipinski definition) is 4. The fraction of sp³-hybridized carbons (Fsp3) is 0.750. The van der Waals surface area contributed by atoms with E-state index in [1.807, 2.05) is 6.92 Å². The number of carbonyl (C=O) groups is 3. The SMILES string of the molecule is CCC1C(=O)NC(=O)CN1C(=O)CCNC1CC1. The van der Waals surface area contributed by atoms with Gasteiger partial charge >= 0.3 is 0 Å². The van der Waals surface area contributed by atoms with Crippen molar-refractivity contribution in [3.8, 4) is 0 Å². The summed E-state index contributed by atoms with van der Waals surface area (Å²) in [4.78, 5) is 36.3. The summed E-state index contributed by atoms with van der Waals surface area (Å²) >= 11 is 0. The third-order valence-electron chi connectivity index (χ3n) is 3.31. The fourth-order valence-electron chi connectivity index (χ4n) is 2.15. The van der Waals surface area contributed by atoms with Crippen LogP contribution in [-0.2, 0) is 14.4 Å². The zero-order chi connectivity index (χ0) is 13.1. The summed E-state index contributed by atoms with van der Waals surface area (Å²) in [6.45, 7) is 2.45. The Hall–Kier alpha value is -1.43. The van der Waals surface area contributed by atoms with Gasteiger partial charge in [-0.15, -0.1) is 0 Å². The summed E-state index contributed by atoms with van der Waals surface area (Å²) in [7, 11) is 0.